The fourth-order valence-electron chi connectivity index (χ4n) is 3.80. The normalized spacial score (nSPS) is 17.4. The molecule has 0 bridgehead atoms. The van der Waals surface area contributed by atoms with Gasteiger partial charge in [0.25, 0.3) is 0 Å². The third kappa shape index (κ3) is 3.98. The number of amides is 3. The second kappa shape index (κ2) is 7.96. The first-order valence-electron chi connectivity index (χ1n) is 9.68. The number of hydrogen-bond donors (Lipinski definition) is 1. The summed E-state index contributed by atoms with van der Waals surface area (Å²) in [6.07, 6.45) is 5.71. The van der Waals surface area contributed by atoms with Gasteiger partial charge in [0.05, 0.1) is 11.9 Å². The van der Waals surface area contributed by atoms with E-state index in [2.05, 4.69) is 10.3 Å². The maximum atomic E-state index is 13.0. The summed E-state index contributed by atoms with van der Waals surface area (Å²) in [6, 6.07) is 9.58. The number of hydrogen-bond acceptors (Lipinski definition) is 3. The number of nitrogens with zero attached hydrogens (tertiary/aromatic N) is 3. The minimum atomic E-state index is -0.289. The van der Waals surface area contributed by atoms with Crippen molar-refractivity contribution in [3.05, 3.63) is 54.0 Å². The molecule has 146 valence electrons. The molecule has 1 aliphatic heterocycles. The Hall–Kier alpha value is -2.96. The van der Waals surface area contributed by atoms with Crippen LogP contribution in [0.25, 0.3) is 0 Å². The van der Waals surface area contributed by atoms with Crippen LogP contribution < -0.4 is 10.2 Å². The highest BCUT2D eigenvalue weighted by Crippen LogP contribution is 2.26. The summed E-state index contributed by atoms with van der Waals surface area (Å²) < 4.78 is 13.0. The van der Waals surface area contributed by atoms with Gasteiger partial charge >= 0.3 is 6.03 Å². The van der Waals surface area contributed by atoms with Crippen molar-refractivity contribution in [3.63, 3.8) is 0 Å². The van der Waals surface area contributed by atoms with Gasteiger partial charge in [0.1, 0.15) is 11.6 Å². The fraction of sp³-hybridized carbons (Fsp3) is 0.381. The van der Waals surface area contributed by atoms with Gasteiger partial charge in [-0.15, -0.1) is 0 Å². The molecule has 4 rings (SSSR count). The van der Waals surface area contributed by atoms with Crippen LogP contribution in [0.5, 0.6) is 0 Å². The third-order valence-electron chi connectivity index (χ3n) is 5.40. The van der Waals surface area contributed by atoms with E-state index in [1.807, 2.05) is 0 Å². The van der Waals surface area contributed by atoms with Crippen molar-refractivity contribution in [3.8, 4) is 0 Å². The molecule has 6 nitrogen and oxygen atoms in total. The van der Waals surface area contributed by atoms with E-state index < -0.39 is 0 Å². The number of carbonyl (C=O) groups is 2. The number of rotatable bonds is 5. The molecule has 2 fully saturated rings. The number of aromatic nitrogens is 1. The van der Waals surface area contributed by atoms with Crippen LogP contribution in [0, 0.1) is 11.7 Å². The molecule has 2 aliphatic rings. The lowest BCUT2D eigenvalue weighted by atomic mass is 10.1. The molecule has 0 unspecified atom stereocenters. The largest absolute Gasteiger partial charge is 0.326 e. The van der Waals surface area contributed by atoms with Gasteiger partial charge in [-0.3, -0.25) is 9.69 Å². The Morgan fingerprint density at radius 3 is 2.54 bits per heavy atom. The first kappa shape index (κ1) is 18.4. The number of anilines is 2. The van der Waals surface area contributed by atoms with Crippen LogP contribution in [0.4, 0.5) is 20.7 Å². The molecule has 2 aromatic rings. The number of nitrogens with one attached hydrogen (secondary N) is 1. The molecule has 1 N–H and O–H groups in total. The van der Waals surface area contributed by atoms with E-state index in [1.165, 1.54) is 12.1 Å². The maximum absolute atomic E-state index is 13.0. The minimum Gasteiger partial charge on any atom is -0.324 e. The zero-order valence-electron chi connectivity index (χ0n) is 15.6. The molecule has 0 radical (unpaired) electrons. The van der Waals surface area contributed by atoms with Gasteiger partial charge in [0.15, 0.2) is 0 Å². The Balaban J connectivity index is 1.37. The molecule has 0 atom stereocenters. The van der Waals surface area contributed by atoms with E-state index in [-0.39, 0.29) is 23.7 Å². The Kier molecular flexibility index (Phi) is 5.23. The van der Waals surface area contributed by atoms with Crippen LogP contribution in [0.2, 0.25) is 0 Å². The van der Waals surface area contributed by atoms with Crippen molar-refractivity contribution in [1.29, 1.82) is 0 Å². The summed E-state index contributed by atoms with van der Waals surface area (Å²) in [6.45, 7) is 1.56. The van der Waals surface area contributed by atoms with E-state index in [0.29, 0.717) is 31.1 Å². The number of carbonyl (C=O) groups excluding carboxylic acids is 2. The molecule has 0 spiro atoms. The zero-order chi connectivity index (χ0) is 19.5. The van der Waals surface area contributed by atoms with Crippen molar-refractivity contribution < 1.29 is 14.0 Å². The Morgan fingerprint density at radius 2 is 1.86 bits per heavy atom. The van der Waals surface area contributed by atoms with Crippen LogP contribution in [-0.4, -0.2) is 34.9 Å². The molecular formula is C21H23FN4O2. The maximum Gasteiger partial charge on any atom is 0.326 e. The molecule has 1 saturated carbocycles. The van der Waals surface area contributed by atoms with Crippen LogP contribution >= 0.6 is 0 Å². The van der Waals surface area contributed by atoms with Gasteiger partial charge in [-0.2, -0.15) is 0 Å². The highest BCUT2D eigenvalue weighted by atomic mass is 19.1. The van der Waals surface area contributed by atoms with Gasteiger partial charge in [-0.25, -0.2) is 14.2 Å². The monoisotopic (exact) mass is 382 g/mol. The van der Waals surface area contributed by atoms with Crippen molar-refractivity contribution in [2.75, 3.05) is 23.3 Å². The summed E-state index contributed by atoms with van der Waals surface area (Å²) in [5, 5.41) is 2.91. The Labute approximate surface area is 163 Å². The van der Waals surface area contributed by atoms with E-state index in [9.17, 15) is 14.0 Å². The van der Waals surface area contributed by atoms with Crippen molar-refractivity contribution in [2.24, 2.45) is 5.92 Å². The number of urea groups is 1. The van der Waals surface area contributed by atoms with Gasteiger partial charge in [-0.1, -0.05) is 25.0 Å². The Bertz CT molecular complexity index is 848. The van der Waals surface area contributed by atoms with E-state index in [0.717, 1.165) is 31.2 Å². The van der Waals surface area contributed by atoms with Crippen molar-refractivity contribution in [1.82, 2.24) is 9.88 Å². The molecular weight excluding hydrogens is 359 g/mol. The third-order valence-corrected chi connectivity index (χ3v) is 5.40. The highest BCUT2D eigenvalue weighted by Gasteiger charge is 2.30. The standard InChI is InChI=1S/C21H23FN4O2/c22-17-7-5-15(6-8-17)14-25-11-12-26(21(25)28)19-10-9-18(13-23-19)24-20(27)16-3-1-2-4-16/h5-10,13,16H,1-4,11-12,14H2,(H,24,27). The average molecular weight is 382 g/mol. The van der Waals surface area contributed by atoms with Gasteiger partial charge in [0, 0.05) is 25.6 Å². The molecule has 1 saturated heterocycles. The second-order valence-corrected chi connectivity index (χ2v) is 7.36. The Morgan fingerprint density at radius 1 is 1.11 bits per heavy atom. The van der Waals surface area contributed by atoms with Crippen molar-refractivity contribution >= 4 is 23.4 Å². The highest BCUT2D eigenvalue weighted by molar-refractivity contribution is 5.94. The molecule has 1 aromatic heterocycles. The average Bonchev–Trinajstić information content (AvgIpc) is 3.35. The molecule has 3 amide bonds. The molecule has 2 heterocycles. The predicted molar refractivity (Wildman–Crippen MR) is 104 cm³/mol. The lowest BCUT2D eigenvalue weighted by Gasteiger charge is -2.18. The topological polar surface area (TPSA) is 65.5 Å². The quantitative estimate of drug-likeness (QED) is 0.856. The summed E-state index contributed by atoms with van der Waals surface area (Å²) in [5.74, 6) is 0.419. The van der Waals surface area contributed by atoms with Crippen LogP contribution in [0.1, 0.15) is 31.2 Å². The SMILES string of the molecule is O=C(Nc1ccc(N2CCN(Cc3ccc(F)cc3)C2=O)nc1)C1CCCC1. The predicted octanol–water partition coefficient (Wildman–Crippen LogP) is 3.79. The smallest absolute Gasteiger partial charge is 0.324 e. The fourth-order valence-corrected chi connectivity index (χ4v) is 3.80. The number of halogens is 1. The van der Waals surface area contributed by atoms with E-state index in [1.54, 1.807) is 40.3 Å². The summed E-state index contributed by atoms with van der Waals surface area (Å²) >= 11 is 0. The van der Waals surface area contributed by atoms with Crippen molar-refractivity contribution in [2.45, 2.75) is 32.2 Å². The minimum absolute atomic E-state index is 0.0507. The summed E-state index contributed by atoms with van der Waals surface area (Å²) in [4.78, 5) is 32.6. The molecule has 7 heteroatoms. The summed E-state index contributed by atoms with van der Waals surface area (Å²) in [7, 11) is 0. The second-order valence-electron chi connectivity index (χ2n) is 7.36. The first-order chi connectivity index (χ1) is 13.6. The van der Waals surface area contributed by atoms with Crippen LogP contribution in [-0.2, 0) is 11.3 Å². The molecule has 1 aromatic carbocycles. The lowest BCUT2D eigenvalue weighted by Crippen LogP contribution is -2.32. The first-order valence-corrected chi connectivity index (χ1v) is 9.68. The van der Waals surface area contributed by atoms with Gasteiger partial charge < -0.3 is 10.2 Å². The van der Waals surface area contributed by atoms with Crippen LogP contribution in [0.15, 0.2) is 42.6 Å². The number of benzene rings is 1. The van der Waals surface area contributed by atoms with E-state index >= 15 is 0 Å². The lowest BCUT2D eigenvalue weighted by molar-refractivity contribution is -0.119. The van der Waals surface area contributed by atoms with Gasteiger partial charge in [0.2, 0.25) is 5.91 Å². The van der Waals surface area contributed by atoms with Crippen LogP contribution in [0.3, 0.4) is 0 Å². The van der Waals surface area contributed by atoms with E-state index in [4.69, 9.17) is 0 Å². The molecule has 1 aliphatic carbocycles. The zero-order valence-corrected chi connectivity index (χ0v) is 15.6. The summed E-state index contributed by atoms with van der Waals surface area (Å²) in [5.41, 5.74) is 1.53. The van der Waals surface area contributed by atoms with Gasteiger partial charge in [-0.05, 0) is 42.7 Å². The molecule has 28 heavy (non-hydrogen) atoms. The number of pyridine rings is 1.